The zero-order valence-corrected chi connectivity index (χ0v) is 13.2. The van der Waals surface area contributed by atoms with E-state index in [0.717, 1.165) is 5.01 Å². The van der Waals surface area contributed by atoms with Gasteiger partial charge in [0.1, 0.15) is 11.4 Å². The number of aryl methyl sites for hydroxylation is 2. The highest BCUT2D eigenvalue weighted by Gasteiger charge is 2.15. The molecule has 7 nitrogen and oxygen atoms in total. The molecule has 2 rings (SSSR count). The molecule has 1 N–H and O–H groups in total. The molecule has 0 saturated carbocycles. The minimum absolute atomic E-state index is 0.0649. The maximum atomic E-state index is 12.1. The van der Waals surface area contributed by atoms with Crippen molar-refractivity contribution in [3.63, 3.8) is 0 Å². The lowest BCUT2D eigenvalue weighted by Crippen LogP contribution is -2.26. The van der Waals surface area contributed by atoms with Crippen molar-refractivity contribution in [1.82, 2.24) is 19.7 Å². The molecule has 0 aliphatic heterocycles. The molecule has 0 fully saturated rings. The Labute approximate surface area is 126 Å². The van der Waals surface area contributed by atoms with Crippen LogP contribution in [0.3, 0.4) is 0 Å². The third-order valence-electron chi connectivity index (χ3n) is 2.80. The van der Waals surface area contributed by atoms with Crippen molar-refractivity contribution in [2.75, 3.05) is 19.4 Å². The molecule has 112 valence electrons. The van der Waals surface area contributed by atoms with Crippen LogP contribution >= 0.6 is 11.3 Å². The molecule has 2 heterocycles. The van der Waals surface area contributed by atoms with Gasteiger partial charge in [0.25, 0.3) is 5.91 Å². The maximum Gasteiger partial charge on any atom is 0.267 e. The van der Waals surface area contributed by atoms with Gasteiger partial charge in [-0.2, -0.15) is 5.10 Å². The number of nitrogens with one attached hydrogen (secondary N) is 1. The monoisotopic (exact) mass is 307 g/mol. The average molecular weight is 307 g/mol. The average Bonchev–Trinajstić information content (AvgIpc) is 2.95. The lowest BCUT2D eigenvalue weighted by Gasteiger charge is -2.09. The standard InChI is InChI=1S/C13H17N5O2S/c1-8-12(21-9(2)15-8)13(20)16-10-5-14-18(6-10)7-11(19)17(3)4/h5-6H,7H2,1-4H3,(H,16,20). The van der Waals surface area contributed by atoms with Crippen molar-refractivity contribution >= 4 is 28.8 Å². The van der Waals surface area contributed by atoms with Crippen LogP contribution in [0, 0.1) is 13.8 Å². The Morgan fingerprint density at radius 1 is 1.38 bits per heavy atom. The Hall–Kier alpha value is -2.22. The highest BCUT2D eigenvalue weighted by molar-refractivity contribution is 7.13. The SMILES string of the molecule is Cc1nc(C)c(C(=O)Nc2cnn(CC(=O)N(C)C)c2)s1. The lowest BCUT2D eigenvalue weighted by molar-refractivity contribution is -0.129. The molecule has 0 aliphatic carbocycles. The summed E-state index contributed by atoms with van der Waals surface area (Å²) in [6, 6.07) is 0. The van der Waals surface area contributed by atoms with Crippen molar-refractivity contribution in [1.29, 1.82) is 0 Å². The second-order valence-electron chi connectivity index (χ2n) is 4.82. The van der Waals surface area contributed by atoms with Crippen LogP contribution in [0.1, 0.15) is 20.4 Å². The molecule has 0 bridgehead atoms. The first-order valence-electron chi connectivity index (χ1n) is 6.35. The smallest absolute Gasteiger partial charge is 0.267 e. The number of anilines is 1. The fourth-order valence-corrected chi connectivity index (χ4v) is 2.54. The molecule has 2 aromatic rings. The predicted molar refractivity (Wildman–Crippen MR) is 80.5 cm³/mol. The van der Waals surface area contributed by atoms with Crippen molar-refractivity contribution in [3.8, 4) is 0 Å². The van der Waals surface area contributed by atoms with E-state index in [2.05, 4.69) is 15.4 Å². The van der Waals surface area contributed by atoms with Gasteiger partial charge < -0.3 is 10.2 Å². The Morgan fingerprint density at radius 2 is 2.10 bits per heavy atom. The Bertz CT molecular complexity index is 674. The molecule has 8 heteroatoms. The number of aromatic nitrogens is 3. The molecule has 2 aromatic heterocycles. The van der Waals surface area contributed by atoms with Gasteiger partial charge in [-0.05, 0) is 13.8 Å². The summed E-state index contributed by atoms with van der Waals surface area (Å²) < 4.78 is 1.49. The van der Waals surface area contributed by atoms with E-state index in [1.807, 2.05) is 6.92 Å². The summed E-state index contributed by atoms with van der Waals surface area (Å²) in [5, 5.41) is 7.67. The van der Waals surface area contributed by atoms with E-state index in [9.17, 15) is 9.59 Å². The number of thiazole rings is 1. The van der Waals surface area contributed by atoms with Crippen LogP contribution in [0.15, 0.2) is 12.4 Å². The Morgan fingerprint density at radius 3 is 2.67 bits per heavy atom. The van der Waals surface area contributed by atoms with Gasteiger partial charge in [0.2, 0.25) is 5.91 Å². The number of rotatable bonds is 4. The molecule has 0 aliphatic rings. The van der Waals surface area contributed by atoms with Gasteiger partial charge in [0, 0.05) is 20.3 Å². The first-order valence-corrected chi connectivity index (χ1v) is 7.16. The van der Waals surface area contributed by atoms with Crippen LogP contribution in [-0.4, -0.2) is 45.6 Å². The van der Waals surface area contributed by atoms with Crippen LogP contribution in [-0.2, 0) is 11.3 Å². The zero-order chi connectivity index (χ0) is 15.6. The van der Waals surface area contributed by atoms with E-state index in [-0.39, 0.29) is 18.4 Å². The van der Waals surface area contributed by atoms with Crippen molar-refractivity contribution < 1.29 is 9.59 Å². The molecule has 0 radical (unpaired) electrons. The first kappa shape index (κ1) is 15.2. The quantitative estimate of drug-likeness (QED) is 0.923. The van der Waals surface area contributed by atoms with E-state index in [1.165, 1.54) is 27.1 Å². The summed E-state index contributed by atoms with van der Waals surface area (Å²) in [6.07, 6.45) is 3.15. The molecular weight excluding hydrogens is 290 g/mol. The fraction of sp³-hybridized carbons (Fsp3) is 0.385. The van der Waals surface area contributed by atoms with E-state index in [1.54, 1.807) is 27.2 Å². The van der Waals surface area contributed by atoms with Gasteiger partial charge in [0.05, 0.1) is 22.6 Å². The molecule has 0 aromatic carbocycles. The highest BCUT2D eigenvalue weighted by Crippen LogP contribution is 2.18. The highest BCUT2D eigenvalue weighted by atomic mass is 32.1. The fourth-order valence-electron chi connectivity index (χ4n) is 1.72. The van der Waals surface area contributed by atoms with Crippen molar-refractivity contribution in [2.45, 2.75) is 20.4 Å². The maximum absolute atomic E-state index is 12.1. The summed E-state index contributed by atoms with van der Waals surface area (Å²) in [6.45, 7) is 3.80. The minimum Gasteiger partial charge on any atom is -0.347 e. The molecule has 0 atom stereocenters. The normalized spacial score (nSPS) is 10.5. The van der Waals surface area contributed by atoms with Gasteiger partial charge >= 0.3 is 0 Å². The predicted octanol–water partition coefficient (Wildman–Crippen LogP) is 1.30. The molecule has 0 spiro atoms. The summed E-state index contributed by atoms with van der Waals surface area (Å²) >= 11 is 1.35. The topological polar surface area (TPSA) is 80.1 Å². The first-order chi connectivity index (χ1) is 9.86. The third kappa shape index (κ3) is 3.66. The molecule has 0 saturated heterocycles. The largest absolute Gasteiger partial charge is 0.347 e. The second kappa shape index (κ2) is 6.04. The van der Waals surface area contributed by atoms with Gasteiger partial charge in [-0.15, -0.1) is 11.3 Å². The third-order valence-corrected chi connectivity index (χ3v) is 3.87. The minimum atomic E-state index is -0.211. The van der Waals surface area contributed by atoms with Crippen LogP contribution in [0.25, 0.3) is 0 Å². The number of hydrogen-bond donors (Lipinski definition) is 1. The van der Waals surface area contributed by atoms with E-state index >= 15 is 0 Å². The van der Waals surface area contributed by atoms with Crippen LogP contribution in [0.4, 0.5) is 5.69 Å². The molecule has 0 unspecified atom stereocenters. The Balaban J connectivity index is 2.04. The van der Waals surface area contributed by atoms with E-state index in [4.69, 9.17) is 0 Å². The number of hydrogen-bond acceptors (Lipinski definition) is 5. The number of carbonyl (C=O) groups excluding carboxylic acids is 2. The van der Waals surface area contributed by atoms with Crippen LogP contribution in [0.2, 0.25) is 0 Å². The van der Waals surface area contributed by atoms with E-state index in [0.29, 0.717) is 16.3 Å². The van der Waals surface area contributed by atoms with E-state index < -0.39 is 0 Å². The molecule has 21 heavy (non-hydrogen) atoms. The van der Waals surface area contributed by atoms with Gasteiger partial charge in [-0.1, -0.05) is 0 Å². The summed E-state index contributed by atoms with van der Waals surface area (Å²) in [5.41, 5.74) is 1.27. The Kier molecular flexibility index (Phi) is 4.37. The molecular formula is C13H17N5O2S. The molecule has 2 amide bonds. The van der Waals surface area contributed by atoms with Gasteiger partial charge in [-0.25, -0.2) is 4.98 Å². The van der Waals surface area contributed by atoms with Crippen LogP contribution < -0.4 is 5.32 Å². The number of amides is 2. The van der Waals surface area contributed by atoms with Gasteiger partial charge in [0.15, 0.2) is 0 Å². The number of nitrogens with zero attached hydrogens (tertiary/aromatic N) is 4. The second-order valence-corrected chi connectivity index (χ2v) is 6.02. The number of carbonyl (C=O) groups is 2. The van der Waals surface area contributed by atoms with Crippen molar-refractivity contribution in [2.24, 2.45) is 0 Å². The van der Waals surface area contributed by atoms with Gasteiger partial charge in [-0.3, -0.25) is 14.3 Å². The summed E-state index contributed by atoms with van der Waals surface area (Å²) in [7, 11) is 3.37. The zero-order valence-electron chi connectivity index (χ0n) is 12.4. The van der Waals surface area contributed by atoms with Crippen LogP contribution in [0.5, 0.6) is 0 Å². The summed E-state index contributed by atoms with van der Waals surface area (Å²) in [5.74, 6) is -0.276. The lowest BCUT2D eigenvalue weighted by atomic mass is 10.3. The number of likely N-dealkylation sites (N-methyl/N-ethyl adjacent to an activating group) is 1. The summed E-state index contributed by atoms with van der Waals surface area (Å²) in [4.78, 5) is 30.0. The van der Waals surface area contributed by atoms with Crippen molar-refractivity contribution in [3.05, 3.63) is 28.0 Å².